The van der Waals surface area contributed by atoms with E-state index in [4.69, 9.17) is 0 Å². The lowest BCUT2D eigenvalue weighted by atomic mass is 9.87. The first-order valence-electron chi connectivity index (χ1n) is 10.0. The number of benzene rings is 1. The van der Waals surface area contributed by atoms with Gasteiger partial charge in [0.25, 0.3) is 5.91 Å². The van der Waals surface area contributed by atoms with Crippen molar-refractivity contribution in [1.82, 2.24) is 19.9 Å². The summed E-state index contributed by atoms with van der Waals surface area (Å²) in [6, 6.07) is 7.91. The summed E-state index contributed by atoms with van der Waals surface area (Å²) in [5.74, 6) is 0.622. The van der Waals surface area contributed by atoms with Gasteiger partial charge < -0.3 is 10.2 Å². The fourth-order valence-corrected chi connectivity index (χ4v) is 4.70. The molecule has 144 valence electrons. The average Bonchev–Trinajstić information content (AvgIpc) is 3.45. The molecule has 2 aliphatic heterocycles. The van der Waals surface area contributed by atoms with E-state index in [0.29, 0.717) is 18.8 Å². The molecule has 1 aromatic carbocycles. The zero-order valence-electron chi connectivity index (χ0n) is 15.8. The number of nitrogens with one attached hydrogen (secondary N) is 1. The van der Waals surface area contributed by atoms with E-state index >= 15 is 0 Å². The first-order chi connectivity index (χ1) is 14.2. The summed E-state index contributed by atoms with van der Waals surface area (Å²) in [4.78, 5) is 41.0. The fourth-order valence-electron chi connectivity index (χ4n) is 4.70. The zero-order valence-corrected chi connectivity index (χ0v) is 15.8. The molecule has 0 unspecified atom stereocenters. The molecule has 2 aromatic heterocycles. The van der Waals surface area contributed by atoms with Crippen LogP contribution in [0.1, 0.15) is 31.2 Å². The van der Waals surface area contributed by atoms with E-state index in [1.54, 1.807) is 18.6 Å². The smallest absolute Gasteiger partial charge is 0.256 e. The van der Waals surface area contributed by atoms with Crippen LogP contribution in [-0.4, -0.2) is 38.2 Å². The van der Waals surface area contributed by atoms with Gasteiger partial charge in [0.2, 0.25) is 5.91 Å². The SMILES string of the molecule is O=C(C1CC1)N1CCC[C@]12C(=O)Nc1ncc(-c3ccc4nccnc4c3)cc12. The van der Waals surface area contributed by atoms with Crippen molar-refractivity contribution >= 4 is 28.7 Å². The third kappa shape index (κ3) is 2.33. The van der Waals surface area contributed by atoms with Crippen LogP contribution in [0.25, 0.3) is 22.2 Å². The molecular formula is C22H19N5O2. The van der Waals surface area contributed by atoms with Crippen LogP contribution in [0.15, 0.2) is 42.9 Å². The first kappa shape index (κ1) is 16.6. The van der Waals surface area contributed by atoms with Crippen LogP contribution in [-0.2, 0) is 15.1 Å². The maximum Gasteiger partial charge on any atom is 0.256 e. The van der Waals surface area contributed by atoms with Crippen LogP contribution in [0.4, 0.5) is 5.82 Å². The van der Waals surface area contributed by atoms with Crippen LogP contribution < -0.4 is 5.32 Å². The maximum atomic E-state index is 13.1. The molecule has 1 atom stereocenters. The van der Waals surface area contributed by atoms with E-state index in [1.807, 2.05) is 29.2 Å². The number of aromatic nitrogens is 3. The Morgan fingerprint density at radius 2 is 1.90 bits per heavy atom. The highest BCUT2D eigenvalue weighted by molar-refractivity contribution is 6.07. The fraction of sp³-hybridized carbons (Fsp3) is 0.318. The number of fused-ring (bicyclic) bond motifs is 3. The van der Waals surface area contributed by atoms with Crippen molar-refractivity contribution < 1.29 is 9.59 Å². The lowest BCUT2D eigenvalue weighted by Gasteiger charge is -2.33. The summed E-state index contributed by atoms with van der Waals surface area (Å²) >= 11 is 0. The monoisotopic (exact) mass is 385 g/mol. The summed E-state index contributed by atoms with van der Waals surface area (Å²) < 4.78 is 0. The van der Waals surface area contributed by atoms with E-state index in [1.165, 1.54) is 0 Å². The topological polar surface area (TPSA) is 88.1 Å². The second kappa shape index (κ2) is 5.83. The van der Waals surface area contributed by atoms with Gasteiger partial charge in [0.15, 0.2) is 5.54 Å². The highest BCUT2D eigenvalue weighted by Crippen LogP contribution is 2.49. The summed E-state index contributed by atoms with van der Waals surface area (Å²) in [5.41, 5.74) is 3.38. The van der Waals surface area contributed by atoms with E-state index in [2.05, 4.69) is 20.3 Å². The summed E-state index contributed by atoms with van der Waals surface area (Å²) in [7, 11) is 0. The van der Waals surface area contributed by atoms with Crippen LogP contribution in [0, 0.1) is 5.92 Å². The van der Waals surface area contributed by atoms with Crippen molar-refractivity contribution in [3.8, 4) is 11.1 Å². The molecular weight excluding hydrogens is 366 g/mol. The Labute approximate surface area is 167 Å². The van der Waals surface area contributed by atoms with Gasteiger partial charge in [-0.2, -0.15) is 0 Å². The number of carbonyl (C=O) groups excluding carboxylic acids is 2. The third-order valence-electron chi connectivity index (χ3n) is 6.32. The number of amides is 2. The quantitative estimate of drug-likeness (QED) is 0.733. The van der Waals surface area contributed by atoms with Gasteiger partial charge in [0.1, 0.15) is 5.82 Å². The number of likely N-dealkylation sites (tertiary alicyclic amines) is 1. The minimum Gasteiger partial charge on any atom is -0.324 e. The van der Waals surface area contributed by atoms with E-state index < -0.39 is 5.54 Å². The van der Waals surface area contributed by atoms with Crippen molar-refractivity contribution in [2.45, 2.75) is 31.2 Å². The van der Waals surface area contributed by atoms with Crippen molar-refractivity contribution in [3.63, 3.8) is 0 Å². The molecule has 1 saturated heterocycles. The highest BCUT2D eigenvalue weighted by Gasteiger charge is 2.57. The molecule has 4 heterocycles. The lowest BCUT2D eigenvalue weighted by molar-refractivity contribution is -0.143. The Bertz CT molecular complexity index is 1190. The zero-order chi connectivity index (χ0) is 19.6. The predicted octanol–water partition coefficient (Wildman–Crippen LogP) is 2.87. The predicted molar refractivity (Wildman–Crippen MR) is 107 cm³/mol. The van der Waals surface area contributed by atoms with Crippen molar-refractivity contribution in [3.05, 3.63) is 48.4 Å². The molecule has 1 spiro atoms. The third-order valence-corrected chi connectivity index (χ3v) is 6.32. The molecule has 3 aliphatic rings. The van der Waals surface area contributed by atoms with Crippen LogP contribution in [0.5, 0.6) is 0 Å². The Morgan fingerprint density at radius 3 is 2.72 bits per heavy atom. The molecule has 0 bridgehead atoms. The minimum atomic E-state index is -0.922. The number of rotatable bonds is 2. The summed E-state index contributed by atoms with van der Waals surface area (Å²) in [5, 5.41) is 2.92. The first-order valence-corrected chi connectivity index (χ1v) is 10.0. The van der Waals surface area contributed by atoms with Gasteiger partial charge in [-0.15, -0.1) is 0 Å². The van der Waals surface area contributed by atoms with Crippen molar-refractivity contribution in [2.24, 2.45) is 5.92 Å². The van der Waals surface area contributed by atoms with Gasteiger partial charge in [-0.1, -0.05) is 6.07 Å². The second-order valence-electron chi connectivity index (χ2n) is 8.06. The minimum absolute atomic E-state index is 0.0806. The number of nitrogens with zero attached hydrogens (tertiary/aromatic N) is 4. The second-order valence-corrected chi connectivity index (χ2v) is 8.06. The van der Waals surface area contributed by atoms with Gasteiger partial charge in [-0.05, 0) is 49.4 Å². The number of pyridine rings is 1. The van der Waals surface area contributed by atoms with Gasteiger partial charge in [0, 0.05) is 42.2 Å². The van der Waals surface area contributed by atoms with Crippen LogP contribution in [0.3, 0.4) is 0 Å². The van der Waals surface area contributed by atoms with Crippen molar-refractivity contribution in [2.75, 3.05) is 11.9 Å². The summed E-state index contributed by atoms with van der Waals surface area (Å²) in [6.07, 6.45) is 8.42. The molecule has 1 N–H and O–H groups in total. The molecule has 7 nitrogen and oxygen atoms in total. The largest absolute Gasteiger partial charge is 0.324 e. The molecule has 29 heavy (non-hydrogen) atoms. The number of hydrogen-bond acceptors (Lipinski definition) is 5. The molecule has 1 saturated carbocycles. The van der Waals surface area contributed by atoms with Crippen LogP contribution in [0.2, 0.25) is 0 Å². The Kier molecular flexibility index (Phi) is 3.33. The van der Waals surface area contributed by atoms with E-state index in [-0.39, 0.29) is 17.7 Å². The average molecular weight is 385 g/mol. The van der Waals surface area contributed by atoms with Crippen LogP contribution >= 0.6 is 0 Å². The molecule has 7 heteroatoms. The van der Waals surface area contributed by atoms with Gasteiger partial charge in [-0.3, -0.25) is 19.6 Å². The molecule has 1 aliphatic carbocycles. The van der Waals surface area contributed by atoms with Crippen molar-refractivity contribution in [1.29, 1.82) is 0 Å². The van der Waals surface area contributed by atoms with E-state index in [9.17, 15) is 9.59 Å². The Hall–Kier alpha value is -3.35. The number of hydrogen-bond donors (Lipinski definition) is 1. The molecule has 6 rings (SSSR count). The number of carbonyl (C=O) groups is 2. The molecule has 2 fully saturated rings. The highest BCUT2D eigenvalue weighted by atomic mass is 16.2. The van der Waals surface area contributed by atoms with E-state index in [0.717, 1.165) is 47.0 Å². The Morgan fingerprint density at radius 1 is 1.07 bits per heavy atom. The van der Waals surface area contributed by atoms with Gasteiger partial charge >= 0.3 is 0 Å². The lowest BCUT2D eigenvalue weighted by Crippen LogP contribution is -2.50. The molecule has 2 amide bonds. The molecule has 0 radical (unpaired) electrons. The maximum absolute atomic E-state index is 13.1. The van der Waals surface area contributed by atoms with Gasteiger partial charge in [-0.25, -0.2) is 4.98 Å². The normalized spacial score (nSPS) is 22.9. The summed E-state index contributed by atoms with van der Waals surface area (Å²) in [6.45, 7) is 0.623. The van der Waals surface area contributed by atoms with Gasteiger partial charge in [0.05, 0.1) is 11.0 Å². The number of anilines is 1. The standard InChI is InChI=1S/C22H19N5O2/c28-20(13-2-3-13)27-9-1-6-22(27)16-10-15(12-25-19(16)26-21(22)29)14-4-5-17-18(11-14)24-8-7-23-17/h4-5,7-8,10-13H,1-3,6,9H2,(H,25,26,29)/t22-/m0/s1. The molecule has 3 aromatic rings. The Balaban J connectivity index is 1.47.